The molecule has 0 aliphatic heterocycles. The Morgan fingerprint density at radius 3 is 2.11 bits per heavy atom. The van der Waals surface area contributed by atoms with Crippen LogP contribution in [0.2, 0.25) is 0 Å². The summed E-state index contributed by atoms with van der Waals surface area (Å²) in [6.45, 7) is 14.3. The first-order chi connectivity index (χ1) is 11.8. The van der Waals surface area contributed by atoms with E-state index in [1.165, 1.54) is 0 Å². The minimum absolute atomic E-state index is 0. The van der Waals surface area contributed by atoms with Crippen LogP contribution in [0.5, 0.6) is 0 Å². The van der Waals surface area contributed by atoms with Crippen molar-refractivity contribution in [3.05, 3.63) is 0 Å². The van der Waals surface area contributed by atoms with Gasteiger partial charge in [0.25, 0.3) is 0 Å². The number of carbonyl (C=O) groups excluding carboxylic acids is 1. The molecule has 0 rings (SSSR count). The summed E-state index contributed by atoms with van der Waals surface area (Å²) in [5.74, 6) is 0.591. The van der Waals surface area contributed by atoms with Gasteiger partial charge in [-0.25, -0.2) is 17.9 Å². The molecule has 0 saturated heterocycles. The zero-order valence-electron chi connectivity index (χ0n) is 17.4. The zero-order valence-corrected chi connectivity index (χ0v) is 20.6. The summed E-state index contributed by atoms with van der Waals surface area (Å²) >= 11 is 0. The summed E-state index contributed by atoms with van der Waals surface area (Å²) in [6.07, 6.45) is -0.496. The molecule has 11 heteroatoms. The predicted octanol–water partition coefficient (Wildman–Crippen LogP) is 1.40. The number of amides is 1. The molecule has 0 aliphatic rings. The van der Waals surface area contributed by atoms with Crippen LogP contribution in [0.1, 0.15) is 48.5 Å². The van der Waals surface area contributed by atoms with Crippen molar-refractivity contribution >= 4 is 46.1 Å². The van der Waals surface area contributed by atoms with Crippen molar-refractivity contribution in [2.75, 3.05) is 31.9 Å². The summed E-state index contributed by atoms with van der Waals surface area (Å²) in [5, 5.41) is 8.92. The molecule has 1 amide bonds. The van der Waals surface area contributed by atoms with Crippen LogP contribution in [0.3, 0.4) is 0 Å². The maximum Gasteiger partial charge on any atom is 0.408 e. The molecular weight excluding hydrogens is 485 g/mol. The fraction of sp³-hybridized carbons (Fsp3) is 0.875. The van der Waals surface area contributed by atoms with Gasteiger partial charge in [0.2, 0.25) is 10.0 Å². The van der Waals surface area contributed by atoms with Crippen LogP contribution in [-0.2, 0) is 14.8 Å². The first-order valence-corrected chi connectivity index (χ1v) is 10.5. The molecule has 9 nitrogen and oxygen atoms in total. The van der Waals surface area contributed by atoms with Crippen molar-refractivity contribution in [1.29, 1.82) is 0 Å². The Balaban J connectivity index is 0. The molecule has 0 aromatic rings. The number of nitrogens with one attached hydrogen (secondary N) is 4. The molecule has 0 atom stereocenters. The van der Waals surface area contributed by atoms with E-state index in [4.69, 9.17) is 4.74 Å². The minimum Gasteiger partial charge on any atom is -0.444 e. The van der Waals surface area contributed by atoms with Gasteiger partial charge in [0.1, 0.15) is 5.60 Å². The van der Waals surface area contributed by atoms with Crippen molar-refractivity contribution in [2.24, 2.45) is 4.99 Å². The number of hydrogen-bond donors (Lipinski definition) is 4. The smallest absolute Gasteiger partial charge is 0.408 e. The van der Waals surface area contributed by atoms with E-state index in [1.54, 1.807) is 27.7 Å². The van der Waals surface area contributed by atoms with Gasteiger partial charge in [-0.1, -0.05) is 0 Å². The van der Waals surface area contributed by atoms with Crippen molar-refractivity contribution in [3.63, 3.8) is 0 Å². The number of rotatable bonds is 9. The monoisotopic (exact) mass is 521 g/mol. The van der Waals surface area contributed by atoms with E-state index in [2.05, 4.69) is 25.7 Å². The van der Waals surface area contributed by atoms with Gasteiger partial charge >= 0.3 is 6.09 Å². The van der Waals surface area contributed by atoms with E-state index in [9.17, 15) is 13.2 Å². The van der Waals surface area contributed by atoms with Crippen molar-refractivity contribution in [2.45, 2.75) is 59.6 Å². The highest BCUT2D eigenvalue weighted by atomic mass is 127. The van der Waals surface area contributed by atoms with Crippen LogP contribution in [0.25, 0.3) is 0 Å². The van der Waals surface area contributed by atoms with Gasteiger partial charge < -0.3 is 20.7 Å². The van der Waals surface area contributed by atoms with Crippen LogP contribution >= 0.6 is 24.0 Å². The molecule has 0 saturated carbocycles. The van der Waals surface area contributed by atoms with Gasteiger partial charge in [0.05, 0.1) is 17.8 Å². The number of hydrogen-bond acceptors (Lipinski definition) is 5. The number of sulfonamides is 1. The molecule has 0 aliphatic carbocycles. The van der Waals surface area contributed by atoms with E-state index in [-0.39, 0.29) is 36.3 Å². The Hall–Kier alpha value is -0.820. The van der Waals surface area contributed by atoms with Gasteiger partial charge in [-0.2, -0.15) is 0 Å². The first kappa shape index (κ1) is 28.4. The van der Waals surface area contributed by atoms with Gasteiger partial charge in [-0.3, -0.25) is 4.99 Å². The number of aliphatic imine (C=N–C) groups is 1. The lowest BCUT2D eigenvalue weighted by Crippen LogP contribution is -2.49. The van der Waals surface area contributed by atoms with Crippen molar-refractivity contribution in [3.8, 4) is 0 Å². The van der Waals surface area contributed by atoms with Crippen LogP contribution in [0, 0.1) is 0 Å². The van der Waals surface area contributed by atoms with E-state index < -0.39 is 27.3 Å². The first-order valence-electron chi connectivity index (χ1n) is 8.81. The second kappa shape index (κ2) is 12.6. The number of alkyl carbamates (subject to hydrolysis) is 1. The lowest BCUT2D eigenvalue weighted by Gasteiger charge is -2.27. The largest absolute Gasteiger partial charge is 0.444 e. The summed E-state index contributed by atoms with van der Waals surface area (Å²) < 4.78 is 30.5. The molecule has 0 fully saturated rings. The average molecular weight is 521 g/mol. The zero-order chi connectivity index (χ0) is 20.4. The molecule has 0 unspecified atom stereocenters. The SMILES string of the molecule is CCNC(=NCC(C)(C)NC(=O)OC(C)(C)C)NCCNS(=O)(=O)CC.I. The van der Waals surface area contributed by atoms with Gasteiger partial charge in [-0.05, 0) is 48.5 Å². The van der Waals surface area contributed by atoms with Gasteiger partial charge in [0.15, 0.2) is 5.96 Å². The lowest BCUT2D eigenvalue weighted by atomic mass is 10.1. The van der Waals surface area contributed by atoms with Crippen LogP contribution in [0.4, 0.5) is 4.79 Å². The van der Waals surface area contributed by atoms with Crippen LogP contribution in [0.15, 0.2) is 4.99 Å². The molecule has 0 radical (unpaired) electrons. The van der Waals surface area contributed by atoms with Gasteiger partial charge in [-0.15, -0.1) is 24.0 Å². The second-order valence-corrected chi connectivity index (χ2v) is 9.53. The second-order valence-electron chi connectivity index (χ2n) is 7.43. The summed E-state index contributed by atoms with van der Waals surface area (Å²) in [6, 6.07) is 0. The third-order valence-corrected chi connectivity index (χ3v) is 4.34. The van der Waals surface area contributed by atoms with E-state index >= 15 is 0 Å². The maximum atomic E-state index is 11.9. The van der Waals surface area contributed by atoms with E-state index in [0.29, 0.717) is 25.6 Å². The van der Waals surface area contributed by atoms with Crippen molar-refractivity contribution < 1.29 is 17.9 Å². The Morgan fingerprint density at radius 1 is 1.04 bits per heavy atom. The third-order valence-electron chi connectivity index (χ3n) is 2.94. The number of halogens is 1. The van der Waals surface area contributed by atoms with Crippen LogP contribution in [-0.4, -0.2) is 63.5 Å². The Labute approximate surface area is 180 Å². The van der Waals surface area contributed by atoms with Crippen molar-refractivity contribution in [1.82, 2.24) is 20.7 Å². The molecule has 162 valence electrons. The predicted molar refractivity (Wildman–Crippen MR) is 120 cm³/mol. The standard InChI is InChI=1S/C16H35N5O4S.HI/c1-8-17-13(18-10-11-20-26(23,24)9-2)19-12-16(6,7)21-14(22)25-15(3,4)5;/h20H,8-12H2,1-7H3,(H,21,22)(H2,17,18,19);1H. The molecule has 4 N–H and O–H groups in total. The number of ether oxygens (including phenoxy) is 1. The highest BCUT2D eigenvalue weighted by Gasteiger charge is 2.24. The minimum atomic E-state index is -3.21. The maximum absolute atomic E-state index is 11.9. The quantitative estimate of drug-likeness (QED) is 0.158. The highest BCUT2D eigenvalue weighted by molar-refractivity contribution is 14.0. The lowest BCUT2D eigenvalue weighted by molar-refractivity contribution is 0.0476. The number of guanidine groups is 1. The average Bonchev–Trinajstić information content (AvgIpc) is 2.46. The normalized spacial score (nSPS) is 12.8. The third kappa shape index (κ3) is 15.9. The Kier molecular flexibility index (Phi) is 13.3. The molecule has 0 aromatic carbocycles. The van der Waals surface area contributed by atoms with Gasteiger partial charge in [0, 0.05) is 19.6 Å². The summed E-state index contributed by atoms with van der Waals surface area (Å²) in [4.78, 5) is 16.3. The Morgan fingerprint density at radius 2 is 1.63 bits per heavy atom. The fourth-order valence-corrected chi connectivity index (χ4v) is 2.34. The molecule has 0 heterocycles. The van der Waals surface area contributed by atoms with E-state index in [1.807, 2.05) is 20.8 Å². The fourth-order valence-electron chi connectivity index (χ4n) is 1.73. The molecule has 27 heavy (non-hydrogen) atoms. The summed E-state index contributed by atoms with van der Waals surface area (Å²) in [7, 11) is -3.21. The molecule has 0 aromatic heterocycles. The highest BCUT2D eigenvalue weighted by Crippen LogP contribution is 2.09. The number of nitrogens with zero attached hydrogens (tertiary/aromatic N) is 1. The molecule has 0 bridgehead atoms. The number of carbonyl (C=O) groups is 1. The summed E-state index contributed by atoms with van der Waals surface area (Å²) in [5.41, 5.74) is -1.17. The molecule has 0 spiro atoms. The topological polar surface area (TPSA) is 121 Å². The molecular formula is C16H36IN5O4S. The Bertz CT molecular complexity index is 574. The van der Waals surface area contributed by atoms with Crippen LogP contribution < -0.4 is 20.7 Å². The van der Waals surface area contributed by atoms with E-state index in [0.717, 1.165) is 0 Å².